The molecule has 6 nitrogen and oxygen atoms in total. The molecule has 3 aromatic carbocycles. The first-order valence-corrected chi connectivity index (χ1v) is 10.4. The summed E-state index contributed by atoms with van der Waals surface area (Å²) >= 11 is 0. The molecule has 0 aliphatic carbocycles. The molecular formula is C26H26N2O4. The second-order valence-electron chi connectivity index (χ2n) is 7.54. The number of hydrogen-bond donors (Lipinski definition) is 2. The van der Waals surface area contributed by atoms with Crippen LogP contribution in [0, 0.1) is 0 Å². The number of carbonyl (C=O) groups is 1. The Labute approximate surface area is 187 Å². The van der Waals surface area contributed by atoms with Crippen molar-refractivity contribution < 1.29 is 19.4 Å². The molecule has 2 N–H and O–H groups in total. The number of nitrogens with one attached hydrogen (secondary N) is 1. The van der Waals surface area contributed by atoms with Crippen LogP contribution in [0.25, 0.3) is 10.9 Å². The maximum atomic E-state index is 12.4. The zero-order chi connectivity index (χ0) is 22.5. The number of rotatable bonds is 9. The third-order valence-electron chi connectivity index (χ3n) is 5.55. The molecular weight excluding hydrogens is 404 g/mol. The summed E-state index contributed by atoms with van der Waals surface area (Å²) in [7, 11) is 3.23. The summed E-state index contributed by atoms with van der Waals surface area (Å²) in [6.07, 6.45) is 0. The summed E-state index contributed by atoms with van der Waals surface area (Å²) in [6, 6.07) is 23.4. The molecule has 0 saturated heterocycles. The Kier molecular flexibility index (Phi) is 6.42. The Morgan fingerprint density at radius 2 is 1.56 bits per heavy atom. The van der Waals surface area contributed by atoms with Crippen molar-refractivity contribution in [3.8, 4) is 11.5 Å². The number of carboxylic acid groups (broad SMARTS) is 1. The highest BCUT2D eigenvalue weighted by Gasteiger charge is 2.23. The number of fused-ring (bicyclic) bond motifs is 1. The Hall–Kier alpha value is -3.77. The van der Waals surface area contributed by atoms with Crippen LogP contribution in [-0.2, 0) is 19.6 Å². The van der Waals surface area contributed by atoms with Crippen molar-refractivity contribution in [1.82, 2.24) is 9.88 Å². The second kappa shape index (κ2) is 9.58. The van der Waals surface area contributed by atoms with E-state index in [0.717, 1.165) is 33.3 Å². The molecule has 4 rings (SSSR count). The molecule has 0 aliphatic heterocycles. The Bertz CT molecular complexity index is 1210. The Balaban J connectivity index is 1.74. The van der Waals surface area contributed by atoms with Gasteiger partial charge in [0.1, 0.15) is 17.2 Å². The highest BCUT2D eigenvalue weighted by molar-refractivity contribution is 5.98. The number of hydrogen-bond acceptors (Lipinski definition) is 4. The molecule has 0 fully saturated rings. The van der Waals surface area contributed by atoms with Gasteiger partial charge in [-0.2, -0.15) is 0 Å². The molecule has 1 aromatic heterocycles. The molecule has 0 radical (unpaired) electrons. The van der Waals surface area contributed by atoms with Crippen LogP contribution in [0.3, 0.4) is 0 Å². The van der Waals surface area contributed by atoms with E-state index in [9.17, 15) is 9.90 Å². The van der Waals surface area contributed by atoms with Gasteiger partial charge in [-0.15, -0.1) is 0 Å². The number of nitrogens with zero attached hydrogens (tertiary/aromatic N) is 1. The monoisotopic (exact) mass is 430 g/mol. The van der Waals surface area contributed by atoms with E-state index in [-0.39, 0.29) is 5.69 Å². The van der Waals surface area contributed by atoms with Crippen LogP contribution >= 0.6 is 0 Å². The number of aromatic carboxylic acids is 1. The van der Waals surface area contributed by atoms with E-state index >= 15 is 0 Å². The lowest BCUT2D eigenvalue weighted by Gasteiger charge is -2.11. The standard InChI is InChI=1S/C26H26N2O4/c1-31-20-10-8-19(9-11-20)17-28-24-14-21(32-2)12-13-22(24)23(25(28)26(29)30)16-27-15-18-6-4-3-5-7-18/h3-14,27H,15-17H2,1-2H3,(H,29,30). The van der Waals surface area contributed by atoms with Gasteiger partial charge < -0.3 is 24.5 Å². The lowest BCUT2D eigenvalue weighted by atomic mass is 10.1. The smallest absolute Gasteiger partial charge is 0.352 e. The highest BCUT2D eigenvalue weighted by Crippen LogP contribution is 2.31. The topological polar surface area (TPSA) is 72.7 Å². The van der Waals surface area contributed by atoms with Crippen LogP contribution in [-0.4, -0.2) is 29.9 Å². The van der Waals surface area contributed by atoms with E-state index in [1.54, 1.807) is 14.2 Å². The summed E-state index contributed by atoms with van der Waals surface area (Å²) in [5.74, 6) is 0.494. The maximum absolute atomic E-state index is 12.4. The minimum atomic E-state index is -0.954. The number of ether oxygens (including phenoxy) is 2. The van der Waals surface area contributed by atoms with Gasteiger partial charge in [-0.25, -0.2) is 4.79 Å². The van der Waals surface area contributed by atoms with Gasteiger partial charge in [0.2, 0.25) is 0 Å². The predicted molar refractivity (Wildman–Crippen MR) is 125 cm³/mol. The summed E-state index contributed by atoms with van der Waals surface area (Å²) in [4.78, 5) is 12.4. The van der Waals surface area contributed by atoms with Crippen LogP contribution in [0.5, 0.6) is 11.5 Å². The molecule has 0 atom stereocenters. The van der Waals surface area contributed by atoms with Crippen LogP contribution in [0.2, 0.25) is 0 Å². The summed E-state index contributed by atoms with van der Waals surface area (Å²) in [5.41, 5.74) is 4.00. The Morgan fingerprint density at radius 1 is 0.875 bits per heavy atom. The molecule has 0 bridgehead atoms. The third kappa shape index (κ3) is 4.45. The van der Waals surface area contributed by atoms with Gasteiger partial charge in [0.25, 0.3) is 0 Å². The van der Waals surface area contributed by atoms with Crippen molar-refractivity contribution in [2.45, 2.75) is 19.6 Å². The van der Waals surface area contributed by atoms with Crippen LogP contribution < -0.4 is 14.8 Å². The summed E-state index contributed by atoms with van der Waals surface area (Å²) in [6.45, 7) is 1.52. The average Bonchev–Trinajstić information content (AvgIpc) is 3.13. The first-order chi connectivity index (χ1) is 15.6. The average molecular weight is 431 g/mol. The van der Waals surface area contributed by atoms with Crippen molar-refractivity contribution in [1.29, 1.82) is 0 Å². The molecule has 0 spiro atoms. The minimum absolute atomic E-state index is 0.282. The number of methoxy groups -OCH3 is 2. The molecule has 4 aromatic rings. The fourth-order valence-electron chi connectivity index (χ4n) is 3.96. The fraction of sp³-hybridized carbons (Fsp3) is 0.192. The zero-order valence-corrected chi connectivity index (χ0v) is 18.2. The van der Waals surface area contributed by atoms with Gasteiger partial charge in [-0.3, -0.25) is 0 Å². The first-order valence-electron chi connectivity index (χ1n) is 10.4. The molecule has 0 amide bonds. The normalized spacial score (nSPS) is 10.9. The second-order valence-corrected chi connectivity index (χ2v) is 7.54. The summed E-state index contributed by atoms with van der Waals surface area (Å²) < 4.78 is 12.5. The maximum Gasteiger partial charge on any atom is 0.352 e. The van der Waals surface area contributed by atoms with Crippen molar-refractivity contribution in [3.63, 3.8) is 0 Å². The predicted octanol–water partition coefficient (Wildman–Crippen LogP) is 4.69. The van der Waals surface area contributed by atoms with E-state index in [0.29, 0.717) is 25.4 Å². The third-order valence-corrected chi connectivity index (χ3v) is 5.55. The fourth-order valence-corrected chi connectivity index (χ4v) is 3.96. The van der Waals surface area contributed by atoms with Crippen molar-refractivity contribution in [3.05, 3.63) is 95.2 Å². The largest absolute Gasteiger partial charge is 0.497 e. The highest BCUT2D eigenvalue weighted by atomic mass is 16.5. The van der Waals surface area contributed by atoms with E-state index in [1.165, 1.54) is 0 Å². The molecule has 0 unspecified atom stereocenters. The molecule has 0 aliphatic rings. The van der Waals surface area contributed by atoms with Gasteiger partial charge in [0, 0.05) is 36.7 Å². The van der Waals surface area contributed by atoms with Crippen molar-refractivity contribution >= 4 is 16.9 Å². The first kappa shape index (κ1) is 21.5. The number of benzene rings is 3. The van der Waals surface area contributed by atoms with Crippen molar-refractivity contribution in [2.24, 2.45) is 0 Å². The van der Waals surface area contributed by atoms with Gasteiger partial charge in [0.15, 0.2) is 0 Å². The van der Waals surface area contributed by atoms with E-state index in [2.05, 4.69) is 5.32 Å². The van der Waals surface area contributed by atoms with E-state index < -0.39 is 5.97 Å². The zero-order valence-electron chi connectivity index (χ0n) is 18.2. The van der Waals surface area contributed by atoms with Crippen LogP contribution in [0.15, 0.2) is 72.8 Å². The lowest BCUT2D eigenvalue weighted by molar-refractivity contribution is 0.0684. The van der Waals surface area contributed by atoms with Gasteiger partial charge in [0.05, 0.1) is 19.7 Å². The summed E-state index contributed by atoms with van der Waals surface area (Å²) in [5, 5.41) is 14.5. The van der Waals surface area contributed by atoms with Crippen LogP contribution in [0.1, 0.15) is 27.2 Å². The van der Waals surface area contributed by atoms with Crippen molar-refractivity contribution in [2.75, 3.05) is 14.2 Å². The van der Waals surface area contributed by atoms with Crippen LogP contribution in [0.4, 0.5) is 0 Å². The minimum Gasteiger partial charge on any atom is -0.497 e. The molecule has 1 heterocycles. The van der Waals surface area contributed by atoms with Gasteiger partial charge in [-0.05, 0) is 35.4 Å². The number of carboxylic acids is 1. The van der Waals surface area contributed by atoms with Gasteiger partial charge >= 0.3 is 5.97 Å². The Morgan fingerprint density at radius 3 is 2.22 bits per heavy atom. The van der Waals surface area contributed by atoms with Gasteiger partial charge in [-0.1, -0.05) is 42.5 Å². The molecule has 0 saturated carbocycles. The lowest BCUT2D eigenvalue weighted by Crippen LogP contribution is -2.17. The molecule has 164 valence electrons. The molecule has 32 heavy (non-hydrogen) atoms. The quantitative estimate of drug-likeness (QED) is 0.403. The van der Waals surface area contributed by atoms with E-state index in [4.69, 9.17) is 9.47 Å². The SMILES string of the molecule is COc1ccc(Cn2c(C(=O)O)c(CNCc3ccccc3)c3ccc(OC)cc32)cc1. The van der Waals surface area contributed by atoms with E-state index in [1.807, 2.05) is 77.4 Å². The molecule has 6 heteroatoms. The number of aromatic nitrogens is 1.